The zero-order valence-electron chi connectivity index (χ0n) is 9.87. The van der Waals surface area contributed by atoms with Crippen molar-refractivity contribution in [1.29, 1.82) is 0 Å². The first-order valence-electron chi connectivity index (χ1n) is 5.63. The Bertz CT molecular complexity index is 526. The molecule has 0 aliphatic rings. The van der Waals surface area contributed by atoms with Gasteiger partial charge < -0.3 is 10.5 Å². The lowest BCUT2D eigenvalue weighted by molar-refractivity contribution is -0.120. The van der Waals surface area contributed by atoms with Crippen LogP contribution in [0.3, 0.4) is 0 Å². The third-order valence-corrected chi connectivity index (χ3v) is 2.47. The van der Waals surface area contributed by atoms with Gasteiger partial charge in [-0.1, -0.05) is 18.2 Å². The van der Waals surface area contributed by atoms with Gasteiger partial charge >= 0.3 is 0 Å². The van der Waals surface area contributed by atoms with E-state index in [4.69, 9.17) is 10.5 Å². The number of anilines is 1. The van der Waals surface area contributed by atoms with Crippen molar-refractivity contribution >= 4 is 11.5 Å². The SMILES string of the molecule is Nc1ccncc1CC(=O)COc1ccccc1. The fourth-order valence-corrected chi connectivity index (χ4v) is 1.53. The molecule has 0 atom stereocenters. The number of nitrogens with zero attached hydrogens (tertiary/aromatic N) is 1. The van der Waals surface area contributed by atoms with Gasteiger partial charge in [0.1, 0.15) is 12.4 Å². The monoisotopic (exact) mass is 242 g/mol. The number of para-hydroxylation sites is 1. The molecule has 18 heavy (non-hydrogen) atoms. The maximum absolute atomic E-state index is 11.7. The molecule has 2 rings (SSSR count). The van der Waals surface area contributed by atoms with Crippen LogP contribution in [0.15, 0.2) is 48.8 Å². The molecule has 0 aliphatic heterocycles. The zero-order valence-corrected chi connectivity index (χ0v) is 9.87. The Labute approximate surface area is 105 Å². The molecule has 2 aromatic rings. The van der Waals surface area contributed by atoms with Gasteiger partial charge in [-0.25, -0.2) is 0 Å². The van der Waals surface area contributed by atoms with Crippen molar-refractivity contribution in [2.75, 3.05) is 12.3 Å². The fourth-order valence-electron chi connectivity index (χ4n) is 1.53. The Kier molecular flexibility index (Phi) is 3.91. The molecule has 1 aromatic carbocycles. The van der Waals surface area contributed by atoms with Crippen molar-refractivity contribution in [2.45, 2.75) is 6.42 Å². The summed E-state index contributed by atoms with van der Waals surface area (Å²) in [6.45, 7) is 0.0400. The number of Topliss-reactive ketones (excluding diaryl/α,β-unsaturated/α-hetero) is 1. The number of ketones is 1. The number of carbonyl (C=O) groups is 1. The van der Waals surface area contributed by atoms with Crippen LogP contribution in [0.1, 0.15) is 5.56 Å². The van der Waals surface area contributed by atoms with Gasteiger partial charge in [-0.05, 0) is 18.2 Å². The summed E-state index contributed by atoms with van der Waals surface area (Å²) in [6, 6.07) is 10.9. The molecule has 4 nitrogen and oxygen atoms in total. The van der Waals surface area contributed by atoms with E-state index >= 15 is 0 Å². The summed E-state index contributed by atoms with van der Waals surface area (Å²) >= 11 is 0. The van der Waals surface area contributed by atoms with Crippen molar-refractivity contribution in [1.82, 2.24) is 4.98 Å². The second kappa shape index (κ2) is 5.82. The molecule has 1 heterocycles. The second-order valence-corrected chi connectivity index (χ2v) is 3.89. The highest BCUT2D eigenvalue weighted by atomic mass is 16.5. The topological polar surface area (TPSA) is 65.2 Å². The Morgan fingerprint density at radius 1 is 1.22 bits per heavy atom. The van der Waals surface area contributed by atoms with Crippen molar-refractivity contribution < 1.29 is 9.53 Å². The summed E-state index contributed by atoms with van der Waals surface area (Å²) in [7, 11) is 0. The van der Waals surface area contributed by atoms with Crippen molar-refractivity contribution in [3.05, 3.63) is 54.4 Å². The summed E-state index contributed by atoms with van der Waals surface area (Å²) in [4.78, 5) is 15.7. The first-order chi connectivity index (χ1) is 8.75. The number of benzene rings is 1. The highest BCUT2D eigenvalue weighted by Crippen LogP contribution is 2.11. The molecule has 2 N–H and O–H groups in total. The van der Waals surface area contributed by atoms with Gasteiger partial charge in [0.25, 0.3) is 0 Å². The lowest BCUT2D eigenvalue weighted by atomic mass is 10.1. The van der Waals surface area contributed by atoms with E-state index in [9.17, 15) is 4.79 Å². The quantitative estimate of drug-likeness (QED) is 0.869. The Hall–Kier alpha value is -2.36. The van der Waals surface area contributed by atoms with Gasteiger partial charge in [0.05, 0.1) is 0 Å². The van der Waals surface area contributed by atoms with E-state index in [1.54, 1.807) is 18.5 Å². The predicted molar refractivity (Wildman–Crippen MR) is 69.3 cm³/mol. The van der Waals surface area contributed by atoms with Gasteiger partial charge in [-0.2, -0.15) is 0 Å². The highest BCUT2D eigenvalue weighted by Gasteiger charge is 2.07. The minimum absolute atomic E-state index is 0.0291. The minimum atomic E-state index is -0.0291. The van der Waals surface area contributed by atoms with Crippen LogP contribution in [0.5, 0.6) is 5.75 Å². The Balaban J connectivity index is 1.88. The summed E-state index contributed by atoms with van der Waals surface area (Å²) in [5.74, 6) is 0.656. The van der Waals surface area contributed by atoms with E-state index < -0.39 is 0 Å². The average Bonchev–Trinajstić information content (AvgIpc) is 2.40. The molecule has 4 heteroatoms. The molecule has 0 aliphatic carbocycles. The van der Waals surface area contributed by atoms with E-state index in [0.717, 1.165) is 5.56 Å². The third kappa shape index (κ3) is 3.31. The van der Waals surface area contributed by atoms with Gasteiger partial charge in [0.15, 0.2) is 5.78 Å². The number of ether oxygens (including phenoxy) is 1. The molecule has 0 saturated carbocycles. The fraction of sp³-hybridized carbons (Fsp3) is 0.143. The van der Waals surface area contributed by atoms with Crippen LogP contribution in [0.4, 0.5) is 5.69 Å². The molecule has 0 saturated heterocycles. The number of nitrogen functional groups attached to an aromatic ring is 1. The molecule has 0 amide bonds. The molecule has 0 radical (unpaired) electrons. The maximum Gasteiger partial charge on any atom is 0.174 e. The number of hydrogen-bond donors (Lipinski definition) is 1. The van der Waals surface area contributed by atoms with Crippen LogP contribution < -0.4 is 10.5 Å². The largest absolute Gasteiger partial charge is 0.486 e. The van der Waals surface area contributed by atoms with E-state index in [1.807, 2.05) is 30.3 Å². The van der Waals surface area contributed by atoms with Crippen molar-refractivity contribution in [3.8, 4) is 5.75 Å². The number of carbonyl (C=O) groups excluding carboxylic acids is 1. The summed E-state index contributed by atoms with van der Waals surface area (Å²) < 4.78 is 5.37. The highest BCUT2D eigenvalue weighted by molar-refractivity contribution is 5.83. The van der Waals surface area contributed by atoms with E-state index in [1.165, 1.54) is 0 Å². The standard InChI is InChI=1S/C14H14N2O2/c15-14-6-7-16-9-11(14)8-12(17)10-18-13-4-2-1-3-5-13/h1-7,9H,8,10H2,(H2,15,16). The van der Waals surface area contributed by atoms with Gasteiger partial charge in [-0.15, -0.1) is 0 Å². The molecular weight excluding hydrogens is 228 g/mol. The summed E-state index contributed by atoms with van der Waals surface area (Å²) in [5.41, 5.74) is 7.06. The van der Waals surface area contributed by atoms with Gasteiger partial charge in [0, 0.05) is 30.1 Å². The van der Waals surface area contributed by atoms with Crippen LogP contribution in [0.2, 0.25) is 0 Å². The lowest BCUT2D eigenvalue weighted by Gasteiger charge is -2.06. The molecule has 92 valence electrons. The summed E-state index contributed by atoms with van der Waals surface area (Å²) in [5, 5.41) is 0. The maximum atomic E-state index is 11.7. The third-order valence-electron chi connectivity index (χ3n) is 2.47. The molecule has 0 fully saturated rings. The predicted octanol–water partition coefficient (Wildman–Crippen LogP) is 1.85. The van der Waals surface area contributed by atoms with Crippen LogP contribution in [0, 0.1) is 0 Å². The molecule has 1 aromatic heterocycles. The van der Waals surface area contributed by atoms with Gasteiger partial charge in [0.2, 0.25) is 0 Å². The van der Waals surface area contributed by atoms with Crippen molar-refractivity contribution in [2.24, 2.45) is 0 Å². The van der Waals surface area contributed by atoms with Gasteiger partial charge in [-0.3, -0.25) is 9.78 Å². The van der Waals surface area contributed by atoms with Crippen LogP contribution in [-0.2, 0) is 11.2 Å². The van der Waals surface area contributed by atoms with E-state index in [-0.39, 0.29) is 18.8 Å². The molecule has 0 unspecified atom stereocenters. The molecule has 0 bridgehead atoms. The Morgan fingerprint density at radius 2 is 2.00 bits per heavy atom. The van der Waals surface area contributed by atoms with Crippen LogP contribution >= 0.6 is 0 Å². The molecular formula is C14H14N2O2. The Morgan fingerprint density at radius 3 is 2.72 bits per heavy atom. The lowest BCUT2D eigenvalue weighted by Crippen LogP contribution is -2.14. The average molecular weight is 242 g/mol. The normalized spacial score (nSPS) is 10.0. The number of nitrogens with two attached hydrogens (primary N) is 1. The molecule has 0 spiro atoms. The minimum Gasteiger partial charge on any atom is -0.486 e. The number of hydrogen-bond acceptors (Lipinski definition) is 4. The summed E-state index contributed by atoms with van der Waals surface area (Å²) in [6.07, 6.45) is 3.45. The smallest absolute Gasteiger partial charge is 0.174 e. The number of aromatic nitrogens is 1. The zero-order chi connectivity index (χ0) is 12.8. The first kappa shape index (κ1) is 12.1. The van der Waals surface area contributed by atoms with Crippen LogP contribution in [-0.4, -0.2) is 17.4 Å². The van der Waals surface area contributed by atoms with E-state index in [2.05, 4.69) is 4.98 Å². The first-order valence-corrected chi connectivity index (χ1v) is 5.63. The number of rotatable bonds is 5. The van der Waals surface area contributed by atoms with Crippen LogP contribution in [0.25, 0.3) is 0 Å². The number of pyridine rings is 1. The van der Waals surface area contributed by atoms with Crippen molar-refractivity contribution in [3.63, 3.8) is 0 Å². The second-order valence-electron chi connectivity index (χ2n) is 3.89. The van der Waals surface area contributed by atoms with E-state index in [0.29, 0.717) is 11.4 Å².